The number of nitrogens with zero attached hydrogens (tertiary/aromatic N) is 1. The second kappa shape index (κ2) is 7.06. The second-order valence-corrected chi connectivity index (χ2v) is 8.92. The predicted octanol–water partition coefficient (Wildman–Crippen LogP) is 7.95. The topological polar surface area (TPSA) is 30.2 Å². The summed E-state index contributed by atoms with van der Waals surface area (Å²) in [5.41, 5.74) is 8.40. The van der Waals surface area contributed by atoms with Crippen LogP contribution in [0.4, 0.5) is 0 Å². The maximum Gasteiger partial charge on any atom is 0.216 e. The average molecular weight is 441 g/mol. The van der Waals surface area contributed by atoms with Crippen LogP contribution in [0.15, 0.2) is 106 Å². The Kier molecular flexibility index (Phi) is 3.97. The first-order valence-corrected chi connectivity index (χ1v) is 11.5. The minimum absolute atomic E-state index is 0.903. The van der Waals surface area contributed by atoms with Gasteiger partial charge in [0.2, 0.25) is 5.69 Å². The molecule has 0 bridgehead atoms. The van der Waals surface area contributed by atoms with Gasteiger partial charge in [-0.05, 0) is 41.6 Å². The Morgan fingerprint density at radius 3 is 2.38 bits per heavy atom. The minimum Gasteiger partial charge on any atom is -0.464 e. The summed E-state index contributed by atoms with van der Waals surface area (Å²) in [4.78, 5) is 0. The van der Waals surface area contributed by atoms with Crippen molar-refractivity contribution in [2.45, 2.75) is 6.92 Å². The number of hydrogen-bond donors (Lipinski definition) is 0. The molecule has 3 heteroatoms. The summed E-state index contributed by atoms with van der Waals surface area (Å²) in [5.74, 6) is 0. The molecular weight excluding hydrogens is 418 g/mol. The number of benzene rings is 4. The Bertz CT molecular complexity index is 1890. The summed E-state index contributed by atoms with van der Waals surface area (Å²) in [5, 5.41) is 5.62. The third kappa shape index (κ3) is 2.61. The van der Waals surface area contributed by atoms with Crippen LogP contribution in [0.3, 0.4) is 0 Å². The fraction of sp³-hybridized carbons (Fsp3) is 0.0645. The summed E-state index contributed by atoms with van der Waals surface area (Å²) in [6.45, 7) is 2.15. The molecule has 0 saturated heterocycles. The molecule has 0 unspecified atom stereocenters. The highest BCUT2D eigenvalue weighted by atomic mass is 16.3. The number of rotatable bonds is 2. The van der Waals surface area contributed by atoms with Crippen LogP contribution in [0.1, 0.15) is 5.56 Å². The molecular formula is C31H22NO2+. The van der Waals surface area contributed by atoms with Gasteiger partial charge in [-0.15, -0.1) is 0 Å². The molecule has 34 heavy (non-hydrogen) atoms. The third-order valence-corrected chi connectivity index (χ3v) is 6.94. The number of furan rings is 2. The normalized spacial score (nSPS) is 11.8. The van der Waals surface area contributed by atoms with Crippen molar-refractivity contribution in [3.8, 4) is 22.4 Å². The quantitative estimate of drug-likeness (QED) is 0.255. The number of para-hydroxylation sites is 1. The van der Waals surface area contributed by atoms with Gasteiger partial charge < -0.3 is 8.83 Å². The number of fused-ring (bicyclic) bond motifs is 6. The second-order valence-electron chi connectivity index (χ2n) is 8.92. The lowest BCUT2D eigenvalue weighted by Gasteiger charge is -2.07. The summed E-state index contributed by atoms with van der Waals surface area (Å²) in [7, 11) is 2.08. The van der Waals surface area contributed by atoms with Crippen LogP contribution >= 0.6 is 0 Å². The lowest BCUT2D eigenvalue weighted by Crippen LogP contribution is -2.30. The molecule has 0 amide bonds. The Labute approximate surface area is 196 Å². The van der Waals surface area contributed by atoms with E-state index in [0.717, 1.165) is 66.1 Å². The summed E-state index contributed by atoms with van der Waals surface area (Å²) < 4.78 is 14.8. The lowest BCUT2D eigenvalue weighted by molar-refractivity contribution is -0.660. The number of hydrogen-bond acceptors (Lipinski definition) is 2. The lowest BCUT2D eigenvalue weighted by atomic mass is 9.95. The van der Waals surface area contributed by atoms with E-state index < -0.39 is 0 Å². The van der Waals surface area contributed by atoms with Gasteiger partial charge >= 0.3 is 0 Å². The van der Waals surface area contributed by atoms with Crippen molar-refractivity contribution in [3.63, 3.8) is 0 Å². The van der Waals surface area contributed by atoms with Crippen molar-refractivity contribution in [1.29, 1.82) is 0 Å². The summed E-state index contributed by atoms with van der Waals surface area (Å²) in [6.07, 6.45) is 3.85. The summed E-state index contributed by atoms with van der Waals surface area (Å²) >= 11 is 0. The van der Waals surface area contributed by atoms with Gasteiger partial charge in [0.25, 0.3) is 0 Å². The van der Waals surface area contributed by atoms with E-state index in [1.54, 1.807) is 6.26 Å². The van der Waals surface area contributed by atoms with Gasteiger partial charge in [0.15, 0.2) is 6.20 Å². The molecule has 0 radical (unpaired) electrons. The molecule has 3 nitrogen and oxygen atoms in total. The standard InChI is InChI=1S/C31H22NO2/c1-19-13-14-24-22-10-7-11-23(30(22)34-31(24)28(19)27-12-5-6-16-32(27)2)26-18-20-8-3-4-9-21(20)29-25(26)15-17-33-29/h3-18H,1-2H3/q+1. The van der Waals surface area contributed by atoms with Gasteiger partial charge in [-0.25, -0.2) is 4.57 Å². The van der Waals surface area contributed by atoms with E-state index in [0.29, 0.717) is 0 Å². The van der Waals surface area contributed by atoms with E-state index in [9.17, 15) is 0 Å². The third-order valence-electron chi connectivity index (χ3n) is 6.94. The van der Waals surface area contributed by atoms with E-state index in [2.05, 4.69) is 104 Å². The van der Waals surface area contributed by atoms with Crippen molar-refractivity contribution in [2.75, 3.05) is 0 Å². The molecule has 7 rings (SSSR count). The molecule has 0 N–H and O–H groups in total. The van der Waals surface area contributed by atoms with Crippen LogP contribution in [0.25, 0.3) is 66.1 Å². The van der Waals surface area contributed by atoms with E-state index >= 15 is 0 Å². The van der Waals surface area contributed by atoms with Crippen LogP contribution in [-0.2, 0) is 7.05 Å². The number of pyridine rings is 1. The van der Waals surface area contributed by atoms with Gasteiger partial charge in [0, 0.05) is 39.2 Å². The van der Waals surface area contributed by atoms with Crippen molar-refractivity contribution >= 4 is 43.7 Å². The van der Waals surface area contributed by atoms with Gasteiger partial charge in [0.05, 0.1) is 11.8 Å². The van der Waals surface area contributed by atoms with Crippen LogP contribution in [0.2, 0.25) is 0 Å². The highest BCUT2D eigenvalue weighted by molar-refractivity contribution is 6.17. The number of aromatic nitrogens is 1. The minimum atomic E-state index is 0.903. The fourth-order valence-electron chi connectivity index (χ4n) is 5.29. The predicted molar refractivity (Wildman–Crippen MR) is 138 cm³/mol. The molecule has 0 aliphatic rings. The van der Waals surface area contributed by atoms with Crippen molar-refractivity contribution in [3.05, 3.63) is 103 Å². The van der Waals surface area contributed by atoms with Crippen molar-refractivity contribution < 1.29 is 13.4 Å². The van der Waals surface area contributed by atoms with Crippen LogP contribution in [0.5, 0.6) is 0 Å². The van der Waals surface area contributed by atoms with E-state index in [4.69, 9.17) is 8.83 Å². The van der Waals surface area contributed by atoms with Gasteiger partial charge in [-0.2, -0.15) is 0 Å². The molecule has 0 spiro atoms. The van der Waals surface area contributed by atoms with Gasteiger partial charge in [0.1, 0.15) is 23.8 Å². The maximum atomic E-state index is 6.75. The highest BCUT2D eigenvalue weighted by Gasteiger charge is 2.22. The largest absolute Gasteiger partial charge is 0.464 e. The Morgan fingerprint density at radius 1 is 0.647 bits per heavy atom. The molecule has 3 heterocycles. The number of aryl methyl sites for hydroxylation is 2. The Balaban J connectivity index is 1.59. The molecule has 3 aromatic heterocycles. The first kappa shape index (κ1) is 19.1. The molecule has 162 valence electrons. The molecule has 0 aliphatic carbocycles. The molecule has 7 aromatic rings. The van der Waals surface area contributed by atoms with Crippen molar-refractivity contribution in [2.24, 2.45) is 7.05 Å². The first-order valence-electron chi connectivity index (χ1n) is 11.5. The first-order chi connectivity index (χ1) is 16.7. The van der Waals surface area contributed by atoms with Crippen LogP contribution in [0, 0.1) is 6.92 Å². The van der Waals surface area contributed by atoms with E-state index in [1.807, 2.05) is 6.07 Å². The molecule has 4 aromatic carbocycles. The molecule has 0 atom stereocenters. The van der Waals surface area contributed by atoms with Crippen molar-refractivity contribution in [1.82, 2.24) is 0 Å². The van der Waals surface area contributed by atoms with Crippen LogP contribution in [-0.4, -0.2) is 0 Å². The Morgan fingerprint density at radius 2 is 1.47 bits per heavy atom. The van der Waals surface area contributed by atoms with Gasteiger partial charge in [-0.1, -0.05) is 54.6 Å². The SMILES string of the molecule is Cc1ccc2c(oc3c(-c4cc5ccccc5c5occc45)cccc32)c1-c1cccc[n+]1C. The van der Waals surface area contributed by atoms with E-state index in [1.165, 1.54) is 5.56 Å². The zero-order chi connectivity index (χ0) is 22.8. The van der Waals surface area contributed by atoms with Gasteiger partial charge in [-0.3, -0.25) is 0 Å². The average Bonchev–Trinajstić information content (AvgIpc) is 3.49. The zero-order valence-corrected chi connectivity index (χ0v) is 19.0. The molecule has 0 fully saturated rings. The molecule has 0 saturated carbocycles. The zero-order valence-electron chi connectivity index (χ0n) is 19.0. The van der Waals surface area contributed by atoms with Crippen LogP contribution < -0.4 is 4.57 Å². The molecule has 0 aliphatic heterocycles. The smallest absolute Gasteiger partial charge is 0.216 e. The summed E-state index contributed by atoms with van der Waals surface area (Å²) in [6, 6.07) is 29.7. The fourth-order valence-corrected chi connectivity index (χ4v) is 5.29. The monoisotopic (exact) mass is 440 g/mol. The Hall–Kier alpha value is -4.37. The highest BCUT2D eigenvalue weighted by Crippen LogP contribution is 2.43. The van der Waals surface area contributed by atoms with E-state index in [-0.39, 0.29) is 0 Å². The maximum absolute atomic E-state index is 6.75.